The van der Waals surface area contributed by atoms with Crippen LogP contribution in [0, 0.1) is 5.41 Å². The molecule has 3 nitrogen and oxygen atoms in total. The van der Waals surface area contributed by atoms with Gasteiger partial charge in [0.15, 0.2) is 0 Å². The number of nitrogens with two attached hydrogens (primary N) is 2. The molecule has 0 saturated heterocycles. The maximum Gasteiger partial charge on any atom is 0.0871 e. The molecule has 4 N–H and O–H groups in total. The number of rotatable bonds is 2. The quantitative estimate of drug-likeness (QED) is 0.565. The summed E-state index contributed by atoms with van der Waals surface area (Å²) in [5, 5.41) is 0. The van der Waals surface area contributed by atoms with Gasteiger partial charge in [0.1, 0.15) is 0 Å². The third kappa shape index (κ3) is 1.20. The van der Waals surface area contributed by atoms with Crippen molar-refractivity contribution in [1.82, 2.24) is 0 Å². The third-order valence-electron chi connectivity index (χ3n) is 1.72. The van der Waals surface area contributed by atoms with E-state index < -0.39 is 0 Å². The van der Waals surface area contributed by atoms with E-state index in [1.165, 1.54) is 0 Å². The molecule has 0 aromatic rings. The van der Waals surface area contributed by atoms with Gasteiger partial charge < -0.3 is 16.2 Å². The first-order valence-electron chi connectivity index (χ1n) is 3.24. The second-order valence-electron chi connectivity index (χ2n) is 2.38. The minimum atomic E-state index is -0.168. The molecule has 3 heteroatoms. The van der Waals surface area contributed by atoms with E-state index in [0.717, 1.165) is 0 Å². The van der Waals surface area contributed by atoms with Gasteiger partial charge in [0.05, 0.1) is 12.5 Å². The lowest BCUT2D eigenvalue weighted by molar-refractivity contribution is 0.355. The first kappa shape index (κ1) is 7.31. The first-order valence-corrected chi connectivity index (χ1v) is 3.24. The summed E-state index contributed by atoms with van der Waals surface area (Å²) in [6.45, 7) is 1.06. The monoisotopic (exact) mass is 140 g/mol. The topological polar surface area (TPSA) is 61.3 Å². The normalized spacial score (nSPS) is 20.6. The van der Waals surface area contributed by atoms with Gasteiger partial charge in [-0.3, -0.25) is 0 Å². The second-order valence-corrected chi connectivity index (χ2v) is 2.38. The second kappa shape index (κ2) is 2.86. The zero-order chi connectivity index (χ0) is 7.45. The molecule has 0 aromatic heterocycles. The van der Waals surface area contributed by atoms with Crippen LogP contribution in [0.5, 0.6) is 0 Å². The van der Waals surface area contributed by atoms with Gasteiger partial charge in [-0.05, 0) is 12.2 Å². The van der Waals surface area contributed by atoms with Crippen molar-refractivity contribution >= 4 is 0 Å². The van der Waals surface area contributed by atoms with Gasteiger partial charge in [0.2, 0.25) is 0 Å². The summed E-state index contributed by atoms with van der Waals surface area (Å²) in [4.78, 5) is 0. The van der Waals surface area contributed by atoms with Crippen LogP contribution in [-0.2, 0) is 4.74 Å². The molecule has 0 amide bonds. The lowest BCUT2D eigenvalue weighted by atomic mass is 9.88. The highest BCUT2D eigenvalue weighted by molar-refractivity contribution is 5.13. The molecule has 56 valence electrons. The zero-order valence-electron chi connectivity index (χ0n) is 5.79. The van der Waals surface area contributed by atoms with Crippen molar-refractivity contribution in [2.24, 2.45) is 16.9 Å². The number of hydrogen-bond acceptors (Lipinski definition) is 3. The fourth-order valence-electron chi connectivity index (χ4n) is 0.806. The predicted octanol–water partition coefficient (Wildman–Crippen LogP) is -0.0522. The standard InChI is InChI=1S/C7H12N2O/c8-5-7(6-9)1-3-10-4-2-7/h1-4H,5-6,8-9H2. The fourth-order valence-corrected chi connectivity index (χ4v) is 0.806. The van der Waals surface area contributed by atoms with Crippen molar-refractivity contribution in [2.75, 3.05) is 13.1 Å². The Hall–Kier alpha value is -0.800. The highest BCUT2D eigenvalue weighted by Crippen LogP contribution is 2.20. The van der Waals surface area contributed by atoms with E-state index in [0.29, 0.717) is 13.1 Å². The average molecular weight is 140 g/mol. The van der Waals surface area contributed by atoms with Gasteiger partial charge in [-0.2, -0.15) is 0 Å². The molecule has 0 bridgehead atoms. The van der Waals surface area contributed by atoms with Crippen LogP contribution in [0.15, 0.2) is 24.7 Å². The van der Waals surface area contributed by atoms with E-state index in [9.17, 15) is 0 Å². The Morgan fingerprint density at radius 2 is 1.60 bits per heavy atom. The predicted molar refractivity (Wildman–Crippen MR) is 39.9 cm³/mol. The van der Waals surface area contributed by atoms with E-state index >= 15 is 0 Å². The Morgan fingerprint density at radius 1 is 1.10 bits per heavy atom. The van der Waals surface area contributed by atoms with Gasteiger partial charge in [-0.15, -0.1) is 0 Å². The molecule has 0 unspecified atom stereocenters. The fraction of sp³-hybridized carbons (Fsp3) is 0.429. The smallest absolute Gasteiger partial charge is 0.0871 e. The average Bonchev–Trinajstić information content (AvgIpc) is 2.06. The molecular formula is C7H12N2O. The number of ether oxygens (including phenoxy) is 1. The SMILES string of the molecule is NCC1(CN)C=COC=C1. The Morgan fingerprint density at radius 3 is 1.90 bits per heavy atom. The molecule has 0 spiro atoms. The molecule has 1 aliphatic rings. The highest BCUT2D eigenvalue weighted by Gasteiger charge is 2.21. The molecule has 10 heavy (non-hydrogen) atoms. The highest BCUT2D eigenvalue weighted by atomic mass is 16.5. The van der Waals surface area contributed by atoms with Crippen molar-refractivity contribution in [3.05, 3.63) is 24.7 Å². The van der Waals surface area contributed by atoms with Crippen LogP contribution in [0.2, 0.25) is 0 Å². The van der Waals surface area contributed by atoms with Gasteiger partial charge in [-0.25, -0.2) is 0 Å². The van der Waals surface area contributed by atoms with E-state index in [-0.39, 0.29) is 5.41 Å². The first-order chi connectivity index (χ1) is 4.83. The lowest BCUT2D eigenvalue weighted by Gasteiger charge is -2.24. The third-order valence-corrected chi connectivity index (χ3v) is 1.72. The summed E-state index contributed by atoms with van der Waals surface area (Å²) in [5.41, 5.74) is 10.9. The van der Waals surface area contributed by atoms with Gasteiger partial charge >= 0.3 is 0 Å². The van der Waals surface area contributed by atoms with E-state index in [2.05, 4.69) is 0 Å². The number of hydrogen-bond donors (Lipinski definition) is 2. The van der Waals surface area contributed by atoms with Crippen LogP contribution >= 0.6 is 0 Å². The maximum atomic E-state index is 5.51. The summed E-state index contributed by atoms with van der Waals surface area (Å²) in [6, 6.07) is 0. The Kier molecular flexibility index (Phi) is 2.09. The van der Waals surface area contributed by atoms with Crippen molar-refractivity contribution in [2.45, 2.75) is 0 Å². The van der Waals surface area contributed by atoms with E-state index in [1.807, 2.05) is 12.2 Å². The van der Waals surface area contributed by atoms with E-state index in [1.54, 1.807) is 12.5 Å². The minimum absolute atomic E-state index is 0.168. The molecule has 1 rings (SSSR count). The molecule has 1 aliphatic heterocycles. The van der Waals surface area contributed by atoms with Crippen molar-refractivity contribution < 1.29 is 4.74 Å². The van der Waals surface area contributed by atoms with Gasteiger partial charge in [-0.1, -0.05) is 0 Å². The summed E-state index contributed by atoms with van der Waals surface area (Å²) >= 11 is 0. The maximum absolute atomic E-state index is 5.51. The van der Waals surface area contributed by atoms with Crippen LogP contribution in [0.25, 0.3) is 0 Å². The lowest BCUT2D eigenvalue weighted by Crippen LogP contribution is -2.35. The van der Waals surface area contributed by atoms with Crippen LogP contribution in [0.3, 0.4) is 0 Å². The molecule has 0 saturated carbocycles. The van der Waals surface area contributed by atoms with Gasteiger partial charge in [0, 0.05) is 18.5 Å². The summed E-state index contributed by atoms with van der Waals surface area (Å²) in [5.74, 6) is 0. The Balaban J connectivity index is 2.71. The molecule has 0 fully saturated rings. The molecule has 0 radical (unpaired) electrons. The van der Waals surface area contributed by atoms with Crippen molar-refractivity contribution in [1.29, 1.82) is 0 Å². The van der Waals surface area contributed by atoms with Crippen molar-refractivity contribution in [3.63, 3.8) is 0 Å². The zero-order valence-corrected chi connectivity index (χ0v) is 5.79. The Bertz CT molecular complexity index is 145. The molecule has 0 aliphatic carbocycles. The summed E-state index contributed by atoms with van der Waals surface area (Å²) < 4.78 is 4.86. The van der Waals surface area contributed by atoms with Gasteiger partial charge in [0.25, 0.3) is 0 Å². The summed E-state index contributed by atoms with van der Waals surface area (Å²) in [6.07, 6.45) is 6.99. The molecule has 0 atom stereocenters. The molecular weight excluding hydrogens is 128 g/mol. The summed E-state index contributed by atoms with van der Waals surface area (Å²) in [7, 11) is 0. The van der Waals surface area contributed by atoms with E-state index in [4.69, 9.17) is 16.2 Å². The molecule has 1 heterocycles. The van der Waals surface area contributed by atoms with Crippen molar-refractivity contribution in [3.8, 4) is 0 Å². The minimum Gasteiger partial charge on any atom is -0.473 e. The largest absolute Gasteiger partial charge is 0.473 e. The Labute approximate surface area is 60.3 Å². The van der Waals surface area contributed by atoms with Crippen LogP contribution in [0.4, 0.5) is 0 Å². The molecule has 0 aromatic carbocycles. The van der Waals surface area contributed by atoms with Crippen LogP contribution in [0.1, 0.15) is 0 Å². The van der Waals surface area contributed by atoms with Crippen LogP contribution < -0.4 is 11.5 Å². The van der Waals surface area contributed by atoms with Crippen LogP contribution in [-0.4, -0.2) is 13.1 Å².